The van der Waals surface area contributed by atoms with Crippen molar-refractivity contribution >= 4 is 22.8 Å². The summed E-state index contributed by atoms with van der Waals surface area (Å²) in [7, 11) is 0. The first-order valence-electron chi connectivity index (χ1n) is 4.92. The smallest absolute Gasteiger partial charge is 0.253 e. The summed E-state index contributed by atoms with van der Waals surface area (Å²) < 4.78 is 0. The number of aromatic nitrogens is 1. The van der Waals surface area contributed by atoms with Crippen LogP contribution in [0.15, 0.2) is 24.5 Å². The second kappa shape index (κ2) is 5.61. The molecular formula is C11H13ClN2O2. The minimum Gasteiger partial charge on any atom is -0.341 e. The topological polar surface area (TPSA) is 59.1 Å². The Morgan fingerprint density at radius 1 is 1.44 bits per heavy atom. The summed E-state index contributed by atoms with van der Waals surface area (Å²) in [5.41, 5.74) is 0.408. The summed E-state index contributed by atoms with van der Waals surface area (Å²) in [6.07, 6.45) is 3.01. The van der Waals surface area contributed by atoms with Crippen LogP contribution in [-0.4, -0.2) is 22.2 Å². The Morgan fingerprint density at radius 3 is 2.56 bits per heavy atom. The molecule has 0 aliphatic heterocycles. The number of halogens is 1. The first-order valence-corrected chi connectivity index (χ1v) is 5.30. The van der Waals surface area contributed by atoms with Crippen molar-refractivity contribution in [3.8, 4) is 0 Å². The van der Waals surface area contributed by atoms with Gasteiger partial charge >= 0.3 is 0 Å². The number of pyridine rings is 1. The van der Waals surface area contributed by atoms with Crippen molar-refractivity contribution in [2.24, 2.45) is 5.92 Å². The first kappa shape index (κ1) is 12.6. The van der Waals surface area contributed by atoms with Gasteiger partial charge in [0.2, 0.25) is 5.24 Å². The molecule has 0 saturated carbocycles. The van der Waals surface area contributed by atoms with Gasteiger partial charge in [0.15, 0.2) is 0 Å². The van der Waals surface area contributed by atoms with Crippen LogP contribution in [0.1, 0.15) is 24.2 Å². The van der Waals surface area contributed by atoms with Crippen LogP contribution in [0.25, 0.3) is 0 Å². The molecule has 0 fully saturated rings. The maximum atomic E-state index is 11.7. The Bertz CT molecular complexity index is 379. The number of nitrogens with zero attached hydrogens (tertiary/aromatic N) is 1. The Morgan fingerprint density at radius 2 is 2.12 bits per heavy atom. The molecule has 0 spiro atoms. The first-order chi connectivity index (χ1) is 7.52. The fourth-order valence-corrected chi connectivity index (χ4v) is 1.51. The van der Waals surface area contributed by atoms with Gasteiger partial charge in [-0.15, -0.1) is 0 Å². The van der Waals surface area contributed by atoms with Gasteiger partial charge in [0.05, 0.1) is 5.56 Å². The molecular weight excluding hydrogens is 228 g/mol. The zero-order chi connectivity index (χ0) is 12.1. The normalized spacial score (nSPS) is 12.2. The highest BCUT2D eigenvalue weighted by Gasteiger charge is 2.22. The maximum Gasteiger partial charge on any atom is 0.253 e. The average molecular weight is 241 g/mol. The monoisotopic (exact) mass is 240 g/mol. The van der Waals surface area contributed by atoms with Crippen LogP contribution in [0.2, 0.25) is 0 Å². The average Bonchev–Trinajstić information content (AvgIpc) is 2.25. The van der Waals surface area contributed by atoms with Crippen LogP contribution in [0.3, 0.4) is 0 Å². The molecule has 0 aliphatic rings. The standard InChI is InChI=1S/C11H13ClN2O2/c1-7(2)9(10(12)15)14-11(16)8-4-3-5-13-6-8/h3-7,9H,1-2H3,(H,14,16). The van der Waals surface area contributed by atoms with Gasteiger partial charge in [0.1, 0.15) is 6.04 Å². The second-order valence-corrected chi connectivity index (χ2v) is 4.11. The Hall–Kier alpha value is -1.42. The summed E-state index contributed by atoms with van der Waals surface area (Å²) in [6, 6.07) is 2.61. The van der Waals surface area contributed by atoms with Gasteiger partial charge in [-0.25, -0.2) is 0 Å². The van der Waals surface area contributed by atoms with E-state index in [4.69, 9.17) is 11.6 Å². The molecule has 1 unspecified atom stereocenters. The summed E-state index contributed by atoms with van der Waals surface area (Å²) in [5, 5.41) is 2.01. The molecule has 0 bridgehead atoms. The van der Waals surface area contributed by atoms with Crippen molar-refractivity contribution in [2.75, 3.05) is 0 Å². The third-order valence-corrected chi connectivity index (χ3v) is 2.36. The molecule has 0 radical (unpaired) electrons. The van der Waals surface area contributed by atoms with Crippen LogP contribution < -0.4 is 5.32 Å². The van der Waals surface area contributed by atoms with Crippen molar-refractivity contribution in [1.82, 2.24) is 10.3 Å². The number of amides is 1. The van der Waals surface area contributed by atoms with Crippen LogP contribution in [-0.2, 0) is 4.79 Å². The Balaban J connectivity index is 2.74. The number of carbonyl (C=O) groups excluding carboxylic acids is 2. The van der Waals surface area contributed by atoms with E-state index in [0.717, 1.165) is 0 Å². The van der Waals surface area contributed by atoms with E-state index in [1.807, 2.05) is 13.8 Å². The predicted molar refractivity (Wildman–Crippen MR) is 61.2 cm³/mol. The van der Waals surface area contributed by atoms with Gasteiger partial charge in [-0.2, -0.15) is 0 Å². The van der Waals surface area contributed by atoms with Crippen molar-refractivity contribution < 1.29 is 9.59 Å². The lowest BCUT2D eigenvalue weighted by Gasteiger charge is -2.17. The molecule has 5 heteroatoms. The lowest BCUT2D eigenvalue weighted by atomic mass is 10.1. The van der Waals surface area contributed by atoms with E-state index in [9.17, 15) is 9.59 Å². The minimum atomic E-state index is -0.672. The van der Waals surface area contributed by atoms with Crippen LogP contribution in [0.5, 0.6) is 0 Å². The number of carbonyl (C=O) groups is 2. The molecule has 1 rings (SSSR count). The number of rotatable bonds is 4. The van der Waals surface area contributed by atoms with Crippen molar-refractivity contribution in [3.05, 3.63) is 30.1 Å². The van der Waals surface area contributed by atoms with Crippen molar-refractivity contribution in [1.29, 1.82) is 0 Å². The van der Waals surface area contributed by atoms with Gasteiger partial charge in [0, 0.05) is 12.4 Å². The number of hydrogen-bond donors (Lipinski definition) is 1. The molecule has 1 N–H and O–H groups in total. The van der Waals surface area contributed by atoms with E-state index < -0.39 is 11.3 Å². The van der Waals surface area contributed by atoms with Gasteiger partial charge < -0.3 is 5.32 Å². The predicted octanol–water partition coefficient (Wildman–Crippen LogP) is 1.60. The van der Waals surface area contributed by atoms with E-state index >= 15 is 0 Å². The summed E-state index contributed by atoms with van der Waals surface area (Å²) in [5.74, 6) is -0.397. The van der Waals surface area contributed by atoms with Crippen LogP contribution >= 0.6 is 11.6 Å². The molecule has 86 valence electrons. The molecule has 0 aliphatic carbocycles. The lowest BCUT2D eigenvalue weighted by molar-refractivity contribution is -0.114. The molecule has 0 saturated heterocycles. The molecule has 4 nitrogen and oxygen atoms in total. The molecule has 0 aromatic carbocycles. The number of hydrogen-bond acceptors (Lipinski definition) is 3. The highest BCUT2D eigenvalue weighted by Crippen LogP contribution is 2.07. The summed E-state index contributed by atoms with van der Waals surface area (Å²) >= 11 is 5.40. The summed E-state index contributed by atoms with van der Waals surface area (Å²) in [4.78, 5) is 26.6. The molecule has 1 heterocycles. The van der Waals surface area contributed by atoms with E-state index in [1.54, 1.807) is 18.3 Å². The molecule has 1 aromatic rings. The highest BCUT2D eigenvalue weighted by molar-refractivity contribution is 6.64. The van der Waals surface area contributed by atoms with Crippen molar-refractivity contribution in [2.45, 2.75) is 19.9 Å². The molecule has 1 amide bonds. The Kier molecular flexibility index (Phi) is 4.43. The zero-order valence-corrected chi connectivity index (χ0v) is 9.86. The Labute approximate surface area is 99.0 Å². The third-order valence-electron chi connectivity index (χ3n) is 2.12. The lowest BCUT2D eigenvalue weighted by Crippen LogP contribution is -2.42. The quantitative estimate of drug-likeness (QED) is 0.814. The SMILES string of the molecule is CC(C)C(NC(=O)c1cccnc1)C(=O)Cl. The third kappa shape index (κ3) is 3.31. The van der Waals surface area contributed by atoms with Gasteiger partial charge in [-0.1, -0.05) is 13.8 Å². The van der Waals surface area contributed by atoms with E-state index in [-0.39, 0.29) is 11.8 Å². The fraction of sp³-hybridized carbons (Fsp3) is 0.364. The zero-order valence-electron chi connectivity index (χ0n) is 9.11. The minimum absolute atomic E-state index is 0.0504. The van der Waals surface area contributed by atoms with E-state index in [1.165, 1.54) is 6.20 Å². The van der Waals surface area contributed by atoms with Gasteiger partial charge in [0.25, 0.3) is 5.91 Å². The largest absolute Gasteiger partial charge is 0.341 e. The summed E-state index contributed by atoms with van der Waals surface area (Å²) in [6.45, 7) is 3.63. The molecule has 1 aromatic heterocycles. The van der Waals surface area contributed by atoms with Crippen LogP contribution in [0, 0.1) is 5.92 Å². The number of nitrogens with one attached hydrogen (secondary N) is 1. The van der Waals surface area contributed by atoms with Crippen molar-refractivity contribution in [3.63, 3.8) is 0 Å². The van der Waals surface area contributed by atoms with E-state index in [2.05, 4.69) is 10.3 Å². The maximum absolute atomic E-state index is 11.7. The molecule has 1 atom stereocenters. The molecule has 16 heavy (non-hydrogen) atoms. The fourth-order valence-electron chi connectivity index (χ4n) is 1.21. The van der Waals surface area contributed by atoms with Gasteiger partial charge in [-0.05, 0) is 29.7 Å². The second-order valence-electron chi connectivity index (χ2n) is 3.74. The van der Waals surface area contributed by atoms with Crippen LogP contribution in [0.4, 0.5) is 0 Å². The highest BCUT2D eigenvalue weighted by atomic mass is 35.5. The van der Waals surface area contributed by atoms with Gasteiger partial charge in [-0.3, -0.25) is 14.6 Å². The van der Waals surface area contributed by atoms with E-state index in [0.29, 0.717) is 5.56 Å².